The Morgan fingerprint density at radius 2 is 1.66 bits per heavy atom. The van der Waals surface area contributed by atoms with Gasteiger partial charge in [-0.1, -0.05) is 47.5 Å². The molecular formula is C24H21Cl2N3O3. The molecular weight excluding hydrogens is 449 g/mol. The minimum absolute atomic E-state index is 0.207. The first kappa shape index (κ1) is 23.3. The number of nitrogens with zero attached hydrogens (tertiary/aromatic N) is 1. The number of carbonyl (C=O) groups excluding carboxylic acids is 2. The molecule has 0 heterocycles. The van der Waals surface area contributed by atoms with Gasteiger partial charge in [-0.05, 0) is 60.5 Å². The van der Waals surface area contributed by atoms with Gasteiger partial charge in [-0.25, -0.2) is 5.43 Å². The summed E-state index contributed by atoms with van der Waals surface area (Å²) in [4.78, 5) is 24.6. The van der Waals surface area contributed by atoms with Crippen LogP contribution in [0.4, 0.5) is 5.69 Å². The molecule has 8 heteroatoms. The van der Waals surface area contributed by atoms with Crippen molar-refractivity contribution in [2.75, 3.05) is 12.4 Å². The molecule has 0 atom stereocenters. The Morgan fingerprint density at radius 1 is 0.969 bits per heavy atom. The molecule has 0 saturated heterocycles. The third-order valence-corrected chi connectivity index (χ3v) is 5.16. The maximum atomic E-state index is 12.4. The maximum absolute atomic E-state index is 12.4. The number of nitrogens with one attached hydrogen (secondary N) is 2. The molecule has 0 aliphatic rings. The van der Waals surface area contributed by atoms with Crippen LogP contribution in [0.3, 0.4) is 0 Å². The normalized spacial score (nSPS) is 11.1. The van der Waals surface area contributed by atoms with Crippen molar-refractivity contribution in [2.24, 2.45) is 5.10 Å². The van der Waals surface area contributed by atoms with Crippen LogP contribution in [0, 0.1) is 0 Å². The number of ether oxygens (including phenoxy) is 1. The average Bonchev–Trinajstić information content (AvgIpc) is 2.78. The molecule has 3 aromatic carbocycles. The van der Waals surface area contributed by atoms with Gasteiger partial charge in [0.2, 0.25) is 5.91 Å². The molecule has 0 fully saturated rings. The van der Waals surface area contributed by atoms with Gasteiger partial charge >= 0.3 is 0 Å². The van der Waals surface area contributed by atoms with Crippen molar-refractivity contribution in [3.63, 3.8) is 0 Å². The minimum atomic E-state index is -0.337. The first-order chi connectivity index (χ1) is 15.4. The summed E-state index contributed by atoms with van der Waals surface area (Å²) in [6.07, 6.45) is 0.207. The van der Waals surface area contributed by atoms with Gasteiger partial charge in [0.05, 0.1) is 29.8 Å². The van der Waals surface area contributed by atoms with Crippen molar-refractivity contribution in [3.8, 4) is 5.75 Å². The van der Waals surface area contributed by atoms with Crippen LogP contribution in [0.15, 0.2) is 71.8 Å². The molecule has 0 unspecified atom stereocenters. The highest BCUT2D eigenvalue weighted by atomic mass is 35.5. The van der Waals surface area contributed by atoms with Crippen LogP contribution in [-0.4, -0.2) is 24.6 Å². The maximum Gasteiger partial charge on any atom is 0.257 e. The summed E-state index contributed by atoms with van der Waals surface area (Å²) in [5.41, 5.74) is 5.78. The fraction of sp³-hybridized carbons (Fsp3) is 0.125. The zero-order valence-corrected chi connectivity index (χ0v) is 19.0. The van der Waals surface area contributed by atoms with E-state index in [4.69, 9.17) is 27.9 Å². The molecule has 3 rings (SSSR count). The van der Waals surface area contributed by atoms with Crippen LogP contribution in [0.25, 0.3) is 0 Å². The van der Waals surface area contributed by atoms with Crippen LogP contribution in [-0.2, 0) is 11.2 Å². The van der Waals surface area contributed by atoms with E-state index in [0.717, 1.165) is 16.9 Å². The predicted octanol–water partition coefficient (Wildman–Crippen LogP) is 5.34. The van der Waals surface area contributed by atoms with E-state index in [0.29, 0.717) is 22.0 Å². The van der Waals surface area contributed by atoms with Crippen LogP contribution in [0.1, 0.15) is 28.4 Å². The van der Waals surface area contributed by atoms with Gasteiger partial charge < -0.3 is 10.1 Å². The lowest BCUT2D eigenvalue weighted by molar-refractivity contribution is -0.120. The van der Waals surface area contributed by atoms with E-state index in [9.17, 15) is 9.59 Å². The van der Waals surface area contributed by atoms with E-state index >= 15 is 0 Å². The van der Waals surface area contributed by atoms with Crippen LogP contribution < -0.4 is 15.5 Å². The zero-order chi connectivity index (χ0) is 23.1. The Morgan fingerprint density at radius 3 is 2.28 bits per heavy atom. The van der Waals surface area contributed by atoms with Gasteiger partial charge in [0.1, 0.15) is 5.75 Å². The molecule has 0 aliphatic carbocycles. The number of hydrogen-bond acceptors (Lipinski definition) is 4. The summed E-state index contributed by atoms with van der Waals surface area (Å²) >= 11 is 11.9. The second kappa shape index (κ2) is 10.8. The third-order valence-electron chi connectivity index (χ3n) is 4.61. The lowest BCUT2D eigenvalue weighted by Gasteiger charge is -2.08. The minimum Gasteiger partial charge on any atom is -0.497 e. The highest BCUT2D eigenvalue weighted by molar-refractivity contribution is 6.37. The third kappa shape index (κ3) is 6.33. The van der Waals surface area contributed by atoms with Gasteiger partial charge in [-0.3, -0.25) is 9.59 Å². The van der Waals surface area contributed by atoms with Crippen molar-refractivity contribution in [2.45, 2.75) is 13.3 Å². The topological polar surface area (TPSA) is 79.8 Å². The van der Waals surface area contributed by atoms with E-state index < -0.39 is 0 Å². The van der Waals surface area contributed by atoms with Gasteiger partial charge in [0.15, 0.2) is 0 Å². The number of carbonyl (C=O) groups is 2. The number of methoxy groups -OCH3 is 1. The number of halogens is 2. The molecule has 0 aromatic heterocycles. The molecule has 0 saturated carbocycles. The summed E-state index contributed by atoms with van der Waals surface area (Å²) in [5.74, 6) is 0.174. The molecule has 3 aromatic rings. The Bertz CT molecular complexity index is 1140. The Kier molecular flexibility index (Phi) is 7.87. The Labute approximate surface area is 196 Å². The zero-order valence-electron chi connectivity index (χ0n) is 17.5. The molecule has 2 amide bonds. The first-order valence-corrected chi connectivity index (χ1v) is 10.4. The molecule has 164 valence electrons. The summed E-state index contributed by atoms with van der Waals surface area (Å²) in [7, 11) is 1.59. The number of hydrazone groups is 1. The highest BCUT2D eigenvalue weighted by Crippen LogP contribution is 2.22. The van der Waals surface area contributed by atoms with E-state index in [-0.39, 0.29) is 23.3 Å². The smallest absolute Gasteiger partial charge is 0.257 e. The number of rotatable bonds is 7. The summed E-state index contributed by atoms with van der Waals surface area (Å²) in [6.45, 7) is 1.79. The number of amides is 2. The van der Waals surface area contributed by atoms with Gasteiger partial charge in [-0.2, -0.15) is 5.10 Å². The highest BCUT2D eigenvalue weighted by Gasteiger charge is 2.11. The second-order valence-corrected chi connectivity index (χ2v) is 7.76. The largest absolute Gasteiger partial charge is 0.497 e. The fourth-order valence-electron chi connectivity index (χ4n) is 2.85. The van der Waals surface area contributed by atoms with E-state index in [1.54, 1.807) is 62.6 Å². The fourth-order valence-corrected chi connectivity index (χ4v) is 3.34. The molecule has 6 nitrogen and oxygen atoms in total. The lowest BCUT2D eigenvalue weighted by atomic mass is 10.1. The Balaban J connectivity index is 1.57. The van der Waals surface area contributed by atoms with Crippen molar-refractivity contribution in [1.82, 2.24) is 5.43 Å². The van der Waals surface area contributed by atoms with Crippen molar-refractivity contribution in [3.05, 3.63) is 93.5 Å². The number of benzene rings is 3. The number of anilines is 1. The second-order valence-electron chi connectivity index (χ2n) is 6.91. The molecule has 2 N–H and O–H groups in total. The molecule has 0 bridgehead atoms. The monoisotopic (exact) mass is 469 g/mol. The first-order valence-electron chi connectivity index (χ1n) is 9.68. The van der Waals surface area contributed by atoms with Crippen LogP contribution >= 0.6 is 23.2 Å². The average molecular weight is 470 g/mol. The summed E-state index contributed by atoms with van der Waals surface area (Å²) in [5, 5.41) is 7.68. The molecule has 32 heavy (non-hydrogen) atoms. The van der Waals surface area contributed by atoms with Crippen molar-refractivity contribution in [1.29, 1.82) is 0 Å². The van der Waals surface area contributed by atoms with Crippen LogP contribution in [0.5, 0.6) is 5.75 Å². The van der Waals surface area contributed by atoms with Gasteiger partial charge in [0.25, 0.3) is 5.91 Å². The van der Waals surface area contributed by atoms with Gasteiger partial charge in [-0.15, -0.1) is 0 Å². The summed E-state index contributed by atoms with van der Waals surface area (Å²) in [6, 6.07) is 19.1. The molecule has 0 radical (unpaired) electrons. The van der Waals surface area contributed by atoms with E-state index in [1.807, 2.05) is 12.1 Å². The van der Waals surface area contributed by atoms with Crippen molar-refractivity contribution < 1.29 is 14.3 Å². The Hall–Kier alpha value is -3.35. The van der Waals surface area contributed by atoms with Crippen molar-refractivity contribution >= 4 is 46.4 Å². The SMILES string of the molecule is COc1ccc(CC(=O)NN=C(C)c2ccc(NC(=O)c3ccc(Cl)cc3Cl)cc2)cc1. The lowest BCUT2D eigenvalue weighted by Crippen LogP contribution is -2.21. The van der Waals surface area contributed by atoms with E-state index in [1.165, 1.54) is 6.07 Å². The molecule has 0 aliphatic heterocycles. The van der Waals surface area contributed by atoms with Gasteiger partial charge in [0, 0.05) is 10.7 Å². The predicted molar refractivity (Wildman–Crippen MR) is 128 cm³/mol. The standard InChI is InChI=1S/C24H21Cl2N3O3/c1-15(28-29-23(30)13-16-3-10-20(32-2)11-4-16)17-5-8-19(9-6-17)27-24(31)21-12-7-18(25)14-22(21)26/h3-12,14H,13H2,1-2H3,(H,27,31)(H,29,30). The quantitative estimate of drug-likeness (QED) is 0.362. The number of hydrogen-bond donors (Lipinski definition) is 2. The van der Waals surface area contributed by atoms with E-state index in [2.05, 4.69) is 15.8 Å². The summed E-state index contributed by atoms with van der Waals surface area (Å²) < 4.78 is 5.11. The molecule has 0 spiro atoms. The van der Waals surface area contributed by atoms with Crippen LogP contribution in [0.2, 0.25) is 10.0 Å².